The third-order valence-corrected chi connectivity index (χ3v) is 7.37. The lowest BCUT2D eigenvalue weighted by Gasteiger charge is -2.35. The van der Waals surface area contributed by atoms with E-state index in [0.717, 1.165) is 23.3 Å². The van der Waals surface area contributed by atoms with Gasteiger partial charge >= 0.3 is 0 Å². The van der Waals surface area contributed by atoms with E-state index in [0.29, 0.717) is 11.3 Å². The summed E-state index contributed by atoms with van der Waals surface area (Å²) in [7, 11) is 0. The summed E-state index contributed by atoms with van der Waals surface area (Å²) in [5.41, 5.74) is 4.44. The summed E-state index contributed by atoms with van der Waals surface area (Å²) in [6.07, 6.45) is 2.21. The number of nitrogens with one attached hydrogen (secondary N) is 1. The smallest absolute Gasteiger partial charge is 0.0340 e. The molecular formula is C15H24N2S2. The maximum absolute atomic E-state index is 5.78. The molecule has 1 fully saturated rings. The van der Waals surface area contributed by atoms with Crippen LogP contribution in [0.5, 0.6) is 0 Å². The summed E-state index contributed by atoms with van der Waals surface area (Å²) >= 11 is 4.18. The first kappa shape index (κ1) is 15.2. The Kier molecular flexibility index (Phi) is 6.07. The van der Waals surface area contributed by atoms with Crippen molar-refractivity contribution in [2.75, 3.05) is 5.75 Å². The Morgan fingerprint density at radius 3 is 2.63 bits per heavy atom. The second-order valence-corrected chi connectivity index (χ2v) is 8.25. The molecule has 1 aliphatic rings. The van der Waals surface area contributed by atoms with Gasteiger partial charge in [-0.15, -0.1) is 0 Å². The van der Waals surface area contributed by atoms with Crippen LogP contribution in [0.3, 0.4) is 0 Å². The number of aryl methyl sites for hydroxylation is 1. The molecule has 4 heteroatoms. The van der Waals surface area contributed by atoms with Crippen LogP contribution < -0.4 is 11.3 Å². The van der Waals surface area contributed by atoms with Gasteiger partial charge < -0.3 is 0 Å². The molecule has 2 rings (SSSR count). The topological polar surface area (TPSA) is 38.0 Å². The molecule has 19 heavy (non-hydrogen) atoms. The normalized spacial score (nSPS) is 29.1. The van der Waals surface area contributed by atoms with Gasteiger partial charge in [0.05, 0.1) is 0 Å². The van der Waals surface area contributed by atoms with Crippen LogP contribution in [-0.2, 0) is 6.42 Å². The van der Waals surface area contributed by atoms with E-state index in [9.17, 15) is 0 Å². The minimum atomic E-state index is 0.410. The lowest BCUT2D eigenvalue weighted by Crippen LogP contribution is -2.46. The first-order chi connectivity index (χ1) is 9.20. The number of hydrogen-bond donors (Lipinski definition) is 2. The first-order valence-electron chi connectivity index (χ1n) is 6.98. The molecule has 1 aromatic rings. The Hall–Kier alpha value is -0.160. The van der Waals surface area contributed by atoms with Crippen molar-refractivity contribution in [2.45, 2.75) is 48.5 Å². The van der Waals surface area contributed by atoms with Crippen molar-refractivity contribution in [3.05, 3.63) is 35.9 Å². The Labute approximate surface area is 125 Å². The second kappa shape index (κ2) is 7.58. The standard InChI is InChI=1S/C15H24N2S2/c1-11-12(2)19-15(10-18-11)14(17-16)9-8-13-6-4-3-5-7-13/h3-7,11-12,14-15,17H,8-10,16H2,1-2H3. The van der Waals surface area contributed by atoms with Crippen molar-refractivity contribution in [3.8, 4) is 0 Å². The highest BCUT2D eigenvalue weighted by molar-refractivity contribution is 8.07. The number of nitrogens with two attached hydrogens (primary N) is 1. The third kappa shape index (κ3) is 4.42. The molecule has 0 radical (unpaired) electrons. The zero-order valence-corrected chi connectivity index (χ0v) is 13.3. The lowest BCUT2D eigenvalue weighted by atomic mass is 10.0. The highest BCUT2D eigenvalue weighted by Gasteiger charge is 2.30. The van der Waals surface area contributed by atoms with Gasteiger partial charge in [0, 0.05) is 27.5 Å². The molecule has 0 aromatic heterocycles. The van der Waals surface area contributed by atoms with Crippen LogP contribution in [0.15, 0.2) is 30.3 Å². The minimum absolute atomic E-state index is 0.410. The van der Waals surface area contributed by atoms with Gasteiger partial charge in [0.2, 0.25) is 0 Å². The molecular weight excluding hydrogens is 272 g/mol. The van der Waals surface area contributed by atoms with Crippen LogP contribution >= 0.6 is 23.5 Å². The summed E-state index contributed by atoms with van der Waals surface area (Å²) < 4.78 is 0. The highest BCUT2D eigenvalue weighted by atomic mass is 32.2. The van der Waals surface area contributed by atoms with E-state index in [1.54, 1.807) is 0 Å². The van der Waals surface area contributed by atoms with Crippen LogP contribution in [0.4, 0.5) is 0 Å². The van der Waals surface area contributed by atoms with Gasteiger partial charge in [0.1, 0.15) is 0 Å². The van der Waals surface area contributed by atoms with Crippen LogP contribution in [0, 0.1) is 0 Å². The van der Waals surface area contributed by atoms with E-state index >= 15 is 0 Å². The van der Waals surface area contributed by atoms with E-state index < -0.39 is 0 Å². The number of benzene rings is 1. The van der Waals surface area contributed by atoms with E-state index in [2.05, 4.69) is 73.1 Å². The molecule has 3 N–H and O–H groups in total. The maximum Gasteiger partial charge on any atom is 0.0340 e. The molecule has 4 atom stereocenters. The zero-order chi connectivity index (χ0) is 13.7. The van der Waals surface area contributed by atoms with E-state index in [1.807, 2.05) is 0 Å². The molecule has 0 saturated carbocycles. The zero-order valence-electron chi connectivity index (χ0n) is 11.7. The third-order valence-electron chi connectivity index (χ3n) is 3.82. The SMILES string of the molecule is CC1SCC(C(CCc2ccccc2)NN)SC1C. The van der Waals surface area contributed by atoms with Gasteiger partial charge in [-0.3, -0.25) is 11.3 Å². The molecule has 1 aromatic carbocycles. The molecule has 1 saturated heterocycles. The van der Waals surface area contributed by atoms with Crippen molar-refractivity contribution in [2.24, 2.45) is 5.84 Å². The van der Waals surface area contributed by atoms with Crippen molar-refractivity contribution < 1.29 is 0 Å². The molecule has 0 spiro atoms. The van der Waals surface area contributed by atoms with Gasteiger partial charge in [-0.1, -0.05) is 44.2 Å². The predicted molar refractivity (Wildman–Crippen MR) is 88.6 cm³/mol. The van der Waals surface area contributed by atoms with Gasteiger partial charge in [-0.05, 0) is 18.4 Å². The molecule has 4 unspecified atom stereocenters. The number of hydrogen-bond acceptors (Lipinski definition) is 4. The minimum Gasteiger partial charge on any atom is -0.271 e. The van der Waals surface area contributed by atoms with Crippen LogP contribution in [0.1, 0.15) is 25.8 Å². The summed E-state index contributed by atoms with van der Waals surface area (Å²) in [5.74, 6) is 6.98. The van der Waals surface area contributed by atoms with E-state index in [-0.39, 0.29) is 0 Å². The summed E-state index contributed by atoms with van der Waals surface area (Å²) in [5, 5.41) is 2.11. The molecule has 2 nitrogen and oxygen atoms in total. The molecule has 0 amide bonds. The van der Waals surface area contributed by atoms with Crippen molar-refractivity contribution in [3.63, 3.8) is 0 Å². The van der Waals surface area contributed by atoms with Gasteiger partial charge in [-0.2, -0.15) is 23.5 Å². The second-order valence-electron chi connectivity index (χ2n) is 5.22. The average molecular weight is 297 g/mol. The summed E-state index contributed by atoms with van der Waals surface area (Å²) in [6, 6.07) is 11.1. The number of rotatable bonds is 5. The highest BCUT2D eigenvalue weighted by Crippen LogP contribution is 2.37. The predicted octanol–water partition coefficient (Wildman–Crippen LogP) is 3.08. The molecule has 1 heterocycles. The van der Waals surface area contributed by atoms with Crippen molar-refractivity contribution in [1.29, 1.82) is 0 Å². The van der Waals surface area contributed by atoms with Gasteiger partial charge in [0.25, 0.3) is 0 Å². The molecule has 1 aliphatic heterocycles. The summed E-state index contributed by atoms with van der Waals surface area (Å²) in [4.78, 5) is 0. The van der Waals surface area contributed by atoms with Gasteiger partial charge in [0.15, 0.2) is 0 Å². The summed E-state index contributed by atoms with van der Waals surface area (Å²) in [6.45, 7) is 4.66. The Morgan fingerprint density at radius 2 is 2.00 bits per heavy atom. The fourth-order valence-corrected chi connectivity index (χ4v) is 5.51. The molecule has 106 valence electrons. The average Bonchev–Trinajstić information content (AvgIpc) is 2.44. The van der Waals surface area contributed by atoms with Crippen LogP contribution in [0.25, 0.3) is 0 Å². The largest absolute Gasteiger partial charge is 0.271 e. The van der Waals surface area contributed by atoms with Crippen molar-refractivity contribution >= 4 is 23.5 Å². The van der Waals surface area contributed by atoms with E-state index in [1.165, 1.54) is 11.3 Å². The number of thioether (sulfide) groups is 2. The van der Waals surface area contributed by atoms with Crippen LogP contribution in [-0.4, -0.2) is 27.5 Å². The Balaban J connectivity index is 1.86. The van der Waals surface area contributed by atoms with Crippen molar-refractivity contribution in [1.82, 2.24) is 5.43 Å². The molecule has 0 bridgehead atoms. The monoisotopic (exact) mass is 296 g/mol. The lowest BCUT2D eigenvalue weighted by molar-refractivity contribution is 0.491. The maximum atomic E-state index is 5.78. The van der Waals surface area contributed by atoms with E-state index in [4.69, 9.17) is 5.84 Å². The Morgan fingerprint density at radius 1 is 1.26 bits per heavy atom. The molecule has 0 aliphatic carbocycles. The van der Waals surface area contributed by atoms with Gasteiger partial charge in [-0.25, -0.2) is 0 Å². The van der Waals surface area contributed by atoms with Crippen LogP contribution in [0.2, 0.25) is 0 Å². The quantitative estimate of drug-likeness (QED) is 0.647. The fourth-order valence-electron chi connectivity index (χ4n) is 2.36. The Bertz CT molecular complexity index is 372. The first-order valence-corrected chi connectivity index (χ1v) is 8.97. The number of hydrazine groups is 1. The fraction of sp³-hybridized carbons (Fsp3) is 0.600.